The highest BCUT2D eigenvalue weighted by Crippen LogP contribution is 2.30. The molecule has 0 aromatic heterocycles. The minimum Gasteiger partial charge on any atom is -0.338 e. The summed E-state index contributed by atoms with van der Waals surface area (Å²) < 4.78 is 3.58. The third-order valence-corrected chi connectivity index (χ3v) is 6.65. The van der Waals surface area contributed by atoms with E-state index in [-0.39, 0.29) is 11.5 Å². The second-order valence-corrected chi connectivity index (χ2v) is 9.15. The Labute approximate surface area is 192 Å². The summed E-state index contributed by atoms with van der Waals surface area (Å²) in [5, 5.41) is 5.32. The van der Waals surface area contributed by atoms with Crippen molar-refractivity contribution in [3.05, 3.63) is 58.5 Å². The van der Waals surface area contributed by atoms with E-state index in [0.29, 0.717) is 30.2 Å². The van der Waals surface area contributed by atoms with E-state index in [1.54, 1.807) is 4.90 Å². The lowest BCUT2D eigenvalue weighted by Gasteiger charge is -2.22. The van der Waals surface area contributed by atoms with E-state index in [9.17, 15) is 9.59 Å². The van der Waals surface area contributed by atoms with E-state index < -0.39 is 0 Å². The van der Waals surface area contributed by atoms with Gasteiger partial charge in [0.25, 0.3) is 5.56 Å². The minimum atomic E-state index is -0.129. The van der Waals surface area contributed by atoms with Gasteiger partial charge < -0.3 is 9.47 Å². The van der Waals surface area contributed by atoms with Crippen molar-refractivity contribution in [1.82, 2.24) is 24.2 Å². The van der Waals surface area contributed by atoms with Crippen LogP contribution in [0.1, 0.15) is 38.8 Å². The first-order valence-corrected chi connectivity index (χ1v) is 12.1. The van der Waals surface area contributed by atoms with Gasteiger partial charge in [-0.2, -0.15) is 4.68 Å². The highest BCUT2D eigenvalue weighted by molar-refractivity contribution is 7.99. The molecule has 3 aliphatic heterocycles. The van der Waals surface area contributed by atoms with Crippen molar-refractivity contribution in [3.63, 3.8) is 0 Å². The number of carbonyl (C=O) groups is 1. The Kier molecular flexibility index (Phi) is 6.79. The Balaban J connectivity index is 1.72. The van der Waals surface area contributed by atoms with Crippen molar-refractivity contribution in [3.8, 4) is 17.1 Å². The molecule has 0 spiro atoms. The van der Waals surface area contributed by atoms with Crippen molar-refractivity contribution >= 4 is 17.7 Å². The van der Waals surface area contributed by atoms with Crippen LogP contribution in [0.4, 0.5) is 0 Å². The normalized spacial score (nSPS) is 13.6. The fraction of sp³-hybridized carbons (Fsp3) is 0.417. The number of benzene rings is 1. The van der Waals surface area contributed by atoms with Crippen LogP contribution >= 0.6 is 11.8 Å². The molecule has 0 aliphatic carbocycles. The predicted molar refractivity (Wildman–Crippen MR) is 128 cm³/mol. The first kappa shape index (κ1) is 22.3. The van der Waals surface area contributed by atoms with Gasteiger partial charge in [0.2, 0.25) is 5.91 Å². The van der Waals surface area contributed by atoms with Gasteiger partial charge in [0, 0.05) is 25.3 Å². The van der Waals surface area contributed by atoms with E-state index in [1.807, 2.05) is 44.2 Å². The molecule has 0 N–H and O–H groups in total. The van der Waals surface area contributed by atoms with E-state index >= 15 is 0 Å². The number of carbonyl (C=O) groups excluding carboxylic acids is 1. The number of rotatable bonds is 7. The fourth-order valence-electron chi connectivity index (χ4n) is 4.13. The number of hydrogen-bond acceptors (Lipinski definition) is 5. The lowest BCUT2D eigenvalue weighted by molar-refractivity contribution is -0.127. The van der Waals surface area contributed by atoms with Gasteiger partial charge in [0.05, 0.1) is 11.4 Å². The summed E-state index contributed by atoms with van der Waals surface area (Å²) in [5.74, 6) is 0.809. The fourth-order valence-corrected chi connectivity index (χ4v) is 5.07. The minimum absolute atomic E-state index is 0.0599. The van der Waals surface area contributed by atoms with Crippen LogP contribution in [-0.4, -0.2) is 49.0 Å². The number of aromatic nitrogens is 4. The van der Waals surface area contributed by atoms with Crippen LogP contribution in [0.2, 0.25) is 0 Å². The molecule has 8 heteroatoms. The number of para-hydroxylation sites is 1. The van der Waals surface area contributed by atoms with Crippen LogP contribution in [0.25, 0.3) is 17.1 Å². The van der Waals surface area contributed by atoms with Crippen LogP contribution in [0, 0.1) is 0 Å². The van der Waals surface area contributed by atoms with Gasteiger partial charge in [-0.25, -0.2) is 4.98 Å². The maximum absolute atomic E-state index is 13.3. The number of hydrogen-bond donors (Lipinski definition) is 0. The molecule has 168 valence electrons. The van der Waals surface area contributed by atoms with Gasteiger partial charge in [-0.3, -0.25) is 9.59 Å². The standard InChI is InChI=1S/C24H29N5O2S/c1-4-27(15-17(2)3)20(30)16-32-24-25-22-21(19-13-9-6-10-14-28(19)24)23(31)29(26-22)18-11-7-5-8-12-18/h5,7-8,11-12H,2,4,6,9-10,13-16H2,1,3H3. The van der Waals surface area contributed by atoms with E-state index in [0.717, 1.165) is 54.3 Å². The molecule has 3 heterocycles. The maximum atomic E-state index is 13.3. The SMILES string of the molecule is C=C(C)CN(CC)C(=O)CSc1nc2nn(-c3ccccc3)c(=O)c-2c2n1CCCCC2. The van der Waals surface area contributed by atoms with Crippen molar-refractivity contribution < 1.29 is 4.79 Å². The molecule has 32 heavy (non-hydrogen) atoms. The Morgan fingerprint density at radius 2 is 2.00 bits per heavy atom. The Bertz CT molecular complexity index is 1150. The molecule has 0 fully saturated rings. The van der Waals surface area contributed by atoms with Gasteiger partial charge in [0.1, 0.15) is 5.56 Å². The maximum Gasteiger partial charge on any atom is 0.284 e. The van der Waals surface area contributed by atoms with Crippen LogP contribution < -0.4 is 5.56 Å². The second-order valence-electron chi connectivity index (χ2n) is 8.21. The number of nitrogens with zero attached hydrogens (tertiary/aromatic N) is 5. The van der Waals surface area contributed by atoms with Crippen molar-refractivity contribution in [2.24, 2.45) is 0 Å². The predicted octanol–water partition coefficient (Wildman–Crippen LogP) is 3.78. The van der Waals surface area contributed by atoms with Gasteiger partial charge in [-0.05, 0) is 45.2 Å². The molecule has 3 aliphatic rings. The number of likely N-dealkylation sites (N-methyl/N-ethyl adjacent to an activating group) is 1. The molecule has 0 unspecified atom stereocenters. The average molecular weight is 452 g/mol. The summed E-state index contributed by atoms with van der Waals surface area (Å²) in [5.41, 5.74) is 3.15. The zero-order valence-corrected chi connectivity index (χ0v) is 19.5. The summed E-state index contributed by atoms with van der Waals surface area (Å²) in [6.45, 7) is 9.83. The van der Waals surface area contributed by atoms with Crippen molar-refractivity contribution in [1.29, 1.82) is 0 Å². The molecular weight excluding hydrogens is 422 g/mol. The molecule has 0 saturated heterocycles. The van der Waals surface area contributed by atoms with E-state index in [4.69, 9.17) is 4.98 Å². The smallest absolute Gasteiger partial charge is 0.284 e. The lowest BCUT2D eigenvalue weighted by Crippen LogP contribution is -2.33. The molecule has 0 atom stereocenters. The molecule has 1 aromatic carbocycles. The zero-order valence-electron chi connectivity index (χ0n) is 18.7. The van der Waals surface area contributed by atoms with Crippen LogP contribution in [0.15, 0.2) is 52.4 Å². The number of fused-ring (bicyclic) bond motifs is 3. The zero-order chi connectivity index (χ0) is 22.7. The molecule has 1 aromatic rings. The van der Waals surface area contributed by atoms with E-state index in [1.165, 1.54) is 16.4 Å². The first-order valence-electron chi connectivity index (χ1n) is 11.1. The summed E-state index contributed by atoms with van der Waals surface area (Å²) in [4.78, 5) is 32.6. The molecule has 0 radical (unpaired) electrons. The van der Waals surface area contributed by atoms with Crippen molar-refractivity contribution in [2.75, 3.05) is 18.8 Å². The third-order valence-electron chi connectivity index (χ3n) is 5.69. The van der Waals surface area contributed by atoms with Crippen molar-refractivity contribution in [2.45, 2.75) is 51.2 Å². The van der Waals surface area contributed by atoms with E-state index in [2.05, 4.69) is 16.2 Å². The summed E-state index contributed by atoms with van der Waals surface area (Å²) in [6.07, 6.45) is 3.98. The number of thioether (sulfide) groups is 1. The molecule has 0 bridgehead atoms. The van der Waals surface area contributed by atoms with Crippen LogP contribution in [0.3, 0.4) is 0 Å². The molecule has 7 nitrogen and oxygen atoms in total. The molecule has 1 amide bonds. The summed E-state index contributed by atoms with van der Waals surface area (Å²) in [6, 6.07) is 9.43. The van der Waals surface area contributed by atoms with Crippen LogP contribution in [-0.2, 0) is 17.8 Å². The Morgan fingerprint density at radius 3 is 2.72 bits per heavy atom. The second kappa shape index (κ2) is 9.73. The van der Waals surface area contributed by atoms with Gasteiger partial charge in [0.15, 0.2) is 11.0 Å². The molecule has 0 saturated carbocycles. The monoisotopic (exact) mass is 451 g/mol. The highest BCUT2D eigenvalue weighted by atomic mass is 32.2. The summed E-state index contributed by atoms with van der Waals surface area (Å²) >= 11 is 1.43. The van der Waals surface area contributed by atoms with Gasteiger partial charge in [-0.15, -0.1) is 5.10 Å². The number of amides is 1. The Morgan fingerprint density at radius 1 is 1.22 bits per heavy atom. The molecular formula is C24H29N5O2S. The quantitative estimate of drug-likeness (QED) is 0.311. The highest BCUT2D eigenvalue weighted by Gasteiger charge is 2.27. The van der Waals surface area contributed by atoms with Crippen LogP contribution in [0.5, 0.6) is 0 Å². The third kappa shape index (κ3) is 4.50. The lowest BCUT2D eigenvalue weighted by atomic mass is 10.1. The van der Waals surface area contributed by atoms with Gasteiger partial charge >= 0.3 is 0 Å². The molecule has 4 rings (SSSR count). The largest absolute Gasteiger partial charge is 0.338 e. The summed E-state index contributed by atoms with van der Waals surface area (Å²) in [7, 11) is 0. The van der Waals surface area contributed by atoms with Gasteiger partial charge in [-0.1, -0.05) is 48.5 Å². The average Bonchev–Trinajstić information content (AvgIpc) is 2.96. The Hall–Kier alpha value is -2.87. The topological polar surface area (TPSA) is 73.0 Å². The first-order chi connectivity index (χ1) is 15.5.